The van der Waals surface area contributed by atoms with E-state index in [2.05, 4.69) is 15.2 Å². The van der Waals surface area contributed by atoms with Gasteiger partial charge in [-0.1, -0.05) is 12.1 Å². The number of hydrogen-bond acceptors (Lipinski definition) is 8. The highest BCUT2D eigenvalue weighted by atomic mass is 16.5. The number of carbonyl (C=O) groups is 4. The molecule has 1 atom stereocenters. The Labute approximate surface area is 208 Å². The lowest BCUT2D eigenvalue weighted by Crippen LogP contribution is -2.54. The number of pyridine rings is 1. The van der Waals surface area contributed by atoms with Crippen molar-refractivity contribution in [3.63, 3.8) is 0 Å². The minimum Gasteiger partial charge on any atom is -0.478 e. The third-order valence-electron chi connectivity index (χ3n) is 7.16. The minimum atomic E-state index is -1.13. The Bertz CT molecular complexity index is 1220. The molecule has 0 aliphatic carbocycles. The van der Waals surface area contributed by atoms with Crippen LogP contribution < -0.4 is 10.1 Å². The van der Waals surface area contributed by atoms with Crippen molar-refractivity contribution in [3.05, 3.63) is 58.8 Å². The van der Waals surface area contributed by atoms with E-state index in [1.165, 1.54) is 0 Å². The van der Waals surface area contributed by atoms with Crippen molar-refractivity contribution in [1.82, 2.24) is 20.1 Å². The normalized spacial score (nSPS) is 21.9. The van der Waals surface area contributed by atoms with Crippen LogP contribution in [0, 0.1) is 0 Å². The van der Waals surface area contributed by atoms with Gasteiger partial charge in [-0.05, 0) is 49.4 Å². The zero-order valence-electron chi connectivity index (χ0n) is 20.0. The molecule has 10 nitrogen and oxygen atoms in total. The Morgan fingerprint density at radius 2 is 1.83 bits per heavy atom. The fraction of sp³-hybridized carbons (Fsp3) is 0.423. The summed E-state index contributed by atoms with van der Waals surface area (Å²) in [6.45, 7) is 4.47. The van der Waals surface area contributed by atoms with Crippen molar-refractivity contribution in [3.8, 4) is 5.88 Å². The van der Waals surface area contributed by atoms with E-state index in [9.17, 15) is 24.3 Å². The highest BCUT2D eigenvalue weighted by Crippen LogP contribution is 2.36. The third-order valence-corrected chi connectivity index (χ3v) is 7.16. The Hall–Kier alpha value is -3.63. The number of piperidine rings is 2. The van der Waals surface area contributed by atoms with Crippen molar-refractivity contribution < 1.29 is 29.0 Å². The summed E-state index contributed by atoms with van der Waals surface area (Å²) in [6, 6.07) is 7.63. The molecule has 36 heavy (non-hydrogen) atoms. The molecule has 1 aromatic carbocycles. The van der Waals surface area contributed by atoms with Crippen LogP contribution in [0.15, 0.2) is 36.5 Å². The van der Waals surface area contributed by atoms with Gasteiger partial charge in [0.1, 0.15) is 6.04 Å². The number of imide groups is 2. The van der Waals surface area contributed by atoms with Gasteiger partial charge < -0.3 is 9.84 Å². The predicted molar refractivity (Wildman–Crippen MR) is 127 cm³/mol. The van der Waals surface area contributed by atoms with Crippen LogP contribution >= 0.6 is 0 Å². The van der Waals surface area contributed by atoms with E-state index in [0.717, 1.165) is 10.5 Å². The molecule has 0 saturated carbocycles. The average molecular weight is 493 g/mol. The molecule has 2 N–H and O–H groups in total. The number of carbonyl (C=O) groups excluding carboxylic acids is 4. The van der Waals surface area contributed by atoms with Crippen LogP contribution in [-0.4, -0.2) is 69.3 Å². The lowest BCUT2D eigenvalue weighted by atomic mass is 9.83. The molecule has 3 aliphatic rings. The average Bonchev–Trinajstić information content (AvgIpc) is 3.11. The summed E-state index contributed by atoms with van der Waals surface area (Å²) in [5, 5.41) is 13.6. The second-order valence-corrected chi connectivity index (χ2v) is 9.45. The van der Waals surface area contributed by atoms with Crippen LogP contribution in [0.3, 0.4) is 0 Å². The molecule has 0 radical (unpaired) electrons. The molecule has 1 aromatic heterocycles. The molecule has 188 valence electrons. The summed E-state index contributed by atoms with van der Waals surface area (Å²) in [4.78, 5) is 57.3. The van der Waals surface area contributed by atoms with E-state index in [4.69, 9.17) is 4.74 Å². The molecule has 10 heteroatoms. The van der Waals surface area contributed by atoms with E-state index >= 15 is 0 Å². The molecule has 0 spiro atoms. The second-order valence-electron chi connectivity index (χ2n) is 9.45. The first-order valence-corrected chi connectivity index (χ1v) is 12.2. The number of nitrogens with zero attached hydrogens (tertiary/aromatic N) is 3. The highest BCUT2D eigenvalue weighted by molar-refractivity contribution is 6.23. The summed E-state index contributed by atoms with van der Waals surface area (Å²) in [7, 11) is 0. The minimum absolute atomic E-state index is 0.0675. The van der Waals surface area contributed by atoms with Gasteiger partial charge in [-0.3, -0.25) is 34.3 Å². The number of nitrogens with one attached hydrogen (secondary N) is 1. The summed E-state index contributed by atoms with van der Waals surface area (Å²) in [5.41, 5.74) is 0.888. The molecule has 4 amide bonds. The first-order chi connectivity index (χ1) is 17.3. The summed E-state index contributed by atoms with van der Waals surface area (Å²) < 4.78 is 5.38. The largest absolute Gasteiger partial charge is 0.478 e. The fourth-order valence-corrected chi connectivity index (χ4v) is 5.13. The number of aromatic nitrogens is 1. The second kappa shape index (κ2) is 9.44. The topological polar surface area (TPSA) is 129 Å². The van der Waals surface area contributed by atoms with Gasteiger partial charge in [0.2, 0.25) is 17.7 Å². The van der Waals surface area contributed by atoms with Gasteiger partial charge in [0, 0.05) is 38.3 Å². The first-order valence-electron chi connectivity index (χ1n) is 12.2. The lowest BCUT2D eigenvalue weighted by Gasteiger charge is -2.38. The number of aliphatic hydroxyl groups is 1. The van der Waals surface area contributed by atoms with Crippen LogP contribution in [-0.2, 0) is 21.7 Å². The van der Waals surface area contributed by atoms with Gasteiger partial charge in [0.15, 0.2) is 0 Å². The number of rotatable bonds is 6. The number of benzene rings is 1. The summed E-state index contributed by atoms with van der Waals surface area (Å²) in [6.07, 6.45) is 2.90. The van der Waals surface area contributed by atoms with Crippen molar-refractivity contribution in [1.29, 1.82) is 0 Å². The maximum atomic E-state index is 13.1. The molecular formula is C26H28N4O6. The highest BCUT2D eigenvalue weighted by Gasteiger charge is 2.45. The number of ether oxygens (including phenoxy) is 1. The first kappa shape index (κ1) is 24.1. The number of fused-ring (bicyclic) bond motifs is 1. The van der Waals surface area contributed by atoms with E-state index < -0.39 is 35.3 Å². The van der Waals surface area contributed by atoms with E-state index in [-0.39, 0.29) is 24.0 Å². The van der Waals surface area contributed by atoms with Gasteiger partial charge in [0.05, 0.1) is 23.3 Å². The molecule has 2 fully saturated rings. The molecule has 1 unspecified atom stereocenters. The zero-order chi connectivity index (χ0) is 25.4. The van der Waals surface area contributed by atoms with Crippen molar-refractivity contribution in [2.75, 3.05) is 19.7 Å². The Balaban J connectivity index is 1.27. The van der Waals surface area contributed by atoms with E-state index in [0.29, 0.717) is 50.5 Å². The lowest BCUT2D eigenvalue weighted by molar-refractivity contribution is -0.136. The van der Waals surface area contributed by atoms with Gasteiger partial charge in [-0.2, -0.15) is 0 Å². The molecular weight excluding hydrogens is 464 g/mol. The molecule has 2 aromatic rings. The Morgan fingerprint density at radius 3 is 2.50 bits per heavy atom. The van der Waals surface area contributed by atoms with Crippen LogP contribution in [0.2, 0.25) is 0 Å². The van der Waals surface area contributed by atoms with Crippen LogP contribution in [0.25, 0.3) is 0 Å². The van der Waals surface area contributed by atoms with Gasteiger partial charge in [-0.25, -0.2) is 4.98 Å². The quantitative estimate of drug-likeness (QED) is 0.579. The van der Waals surface area contributed by atoms with E-state index in [1.807, 2.05) is 19.1 Å². The molecule has 2 saturated heterocycles. The smallest absolute Gasteiger partial charge is 0.262 e. The molecule has 3 aliphatic heterocycles. The maximum absolute atomic E-state index is 13.1. The van der Waals surface area contributed by atoms with Gasteiger partial charge >= 0.3 is 0 Å². The van der Waals surface area contributed by atoms with Crippen molar-refractivity contribution >= 4 is 23.6 Å². The predicted octanol–water partition coefficient (Wildman–Crippen LogP) is 1.37. The van der Waals surface area contributed by atoms with Gasteiger partial charge in [0.25, 0.3) is 11.8 Å². The molecule has 0 bridgehead atoms. The third kappa shape index (κ3) is 4.38. The number of hydrogen-bond donors (Lipinski definition) is 2. The van der Waals surface area contributed by atoms with Crippen molar-refractivity contribution in [2.24, 2.45) is 0 Å². The Kier molecular flexibility index (Phi) is 6.31. The standard InChI is InChI=1S/C26H28N4O6/c1-2-36-22-8-3-16(14-27-22)15-29-11-9-26(35,10-12-29)17-4-5-18-19(13-17)25(34)30(24(18)33)20-6-7-21(31)28-23(20)32/h3-5,8,13-14,20,35H,2,6-7,9-12,15H2,1H3,(H,28,31,32). The van der Waals surface area contributed by atoms with Crippen LogP contribution in [0.4, 0.5) is 0 Å². The zero-order valence-corrected chi connectivity index (χ0v) is 20.0. The molecule has 5 rings (SSSR count). The maximum Gasteiger partial charge on any atom is 0.262 e. The SMILES string of the molecule is CCOc1ccc(CN2CCC(O)(c3ccc4c(c3)C(=O)N(C3CCC(=O)NC3=O)C4=O)CC2)cn1. The number of amides is 4. The summed E-state index contributed by atoms with van der Waals surface area (Å²) >= 11 is 0. The Morgan fingerprint density at radius 1 is 1.08 bits per heavy atom. The van der Waals surface area contributed by atoms with Crippen LogP contribution in [0.5, 0.6) is 5.88 Å². The van der Waals surface area contributed by atoms with Gasteiger partial charge in [-0.15, -0.1) is 0 Å². The monoisotopic (exact) mass is 492 g/mol. The van der Waals surface area contributed by atoms with E-state index in [1.54, 1.807) is 24.4 Å². The fourth-order valence-electron chi connectivity index (χ4n) is 5.13. The number of likely N-dealkylation sites (tertiary alicyclic amines) is 1. The van der Waals surface area contributed by atoms with Crippen molar-refractivity contribution in [2.45, 2.75) is 50.8 Å². The molecule has 4 heterocycles. The van der Waals surface area contributed by atoms with Crippen LogP contribution in [0.1, 0.15) is 64.4 Å². The summed E-state index contributed by atoms with van der Waals surface area (Å²) in [5.74, 6) is -1.59.